The third-order valence-electron chi connectivity index (χ3n) is 6.06. The zero-order valence-electron chi connectivity index (χ0n) is 17.2. The highest BCUT2D eigenvalue weighted by Gasteiger charge is 2.30. The lowest BCUT2D eigenvalue weighted by molar-refractivity contribution is 0.0702. The summed E-state index contributed by atoms with van der Waals surface area (Å²) < 4.78 is 27.1. The summed E-state index contributed by atoms with van der Waals surface area (Å²) in [6.07, 6.45) is 1.97. The number of rotatable bonds is 4. The van der Waals surface area contributed by atoms with Gasteiger partial charge in [0.05, 0.1) is 10.6 Å². The lowest BCUT2D eigenvalue weighted by Crippen LogP contribution is -2.50. The van der Waals surface area contributed by atoms with Gasteiger partial charge in [-0.1, -0.05) is 54.6 Å². The van der Waals surface area contributed by atoms with Gasteiger partial charge in [0, 0.05) is 31.1 Å². The SMILES string of the molecule is O=C(c1cc2c(s1)-c1ccccc1CC2)N1CCN(S(=O)(=O)Cc2ccccc2)CC1. The van der Waals surface area contributed by atoms with E-state index >= 15 is 0 Å². The number of piperazine rings is 1. The normalized spacial score (nSPS) is 16.6. The fraction of sp³-hybridized carbons (Fsp3) is 0.292. The fourth-order valence-corrected chi connectivity index (χ4v) is 7.13. The molecule has 0 radical (unpaired) electrons. The zero-order chi connectivity index (χ0) is 21.4. The summed E-state index contributed by atoms with van der Waals surface area (Å²) in [4.78, 5) is 16.9. The Morgan fingerprint density at radius 2 is 1.55 bits per heavy atom. The first-order chi connectivity index (χ1) is 15.0. The molecule has 160 valence electrons. The molecule has 1 aromatic heterocycles. The topological polar surface area (TPSA) is 57.7 Å². The molecule has 2 aliphatic rings. The Kier molecular flexibility index (Phi) is 5.42. The molecule has 3 aromatic rings. The molecule has 7 heteroatoms. The Bertz CT molecular complexity index is 1210. The molecule has 2 aromatic carbocycles. The Hall–Kier alpha value is -2.48. The first-order valence-electron chi connectivity index (χ1n) is 10.5. The van der Waals surface area contributed by atoms with Crippen LogP contribution in [-0.4, -0.2) is 49.7 Å². The molecule has 0 unspecified atom stereocenters. The van der Waals surface area contributed by atoms with E-state index in [2.05, 4.69) is 18.2 Å². The number of amides is 1. The van der Waals surface area contributed by atoms with Crippen LogP contribution in [0.5, 0.6) is 0 Å². The van der Waals surface area contributed by atoms with Crippen molar-refractivity contribution in [2.24, 2.45) is 0 Å². The van der Waals surface area contributed by atoms with Gasteiger partial charge in [-0.25, -0.2) is 8.42 Å². The summed E-state index contributed by atoms with van der Waals surface area (Å²) in [5.41, 5.74) is 4.61. The third kappa shape index (κ3) is 4.05. The monoisotopic (exact) mass is 452 g/mol. The van der Waals surface area contributed by atoms with Gasteiger partial charge in [0.25, 0.3) is 5.91 Å². The van der Waals surface area contributed by atoms with Gasteiger partial charge in [0.15, 0.2) is 0 Å². The van der Waals surface area contributed by atoms with Crippen LogP contribution in [-0.2, 0) is 28.6 Å². The molecule has 1 saturated heterocycles. The minimum atomic E-state index is -3.39. The molecule has 0 bridgehead atoms. The Balaban J connectivity index is 1.27. The number of hydrogen-bond acceptors (Lipinski definition) is 4. The van der Waals surface area contributed by atoms with Crippen LogP contribution >= 0.6 is 11.3 Å². The van der Waals surface area contributed by atoms with Gasteiger partial charge in [0.1, 0.15) is 0 Å². The summed E-state index contributed by atoms with van der Waals surface area (Å²) >= 11 is 1.56. The van der Waals surface area contributed by atoms with Crippen molar-refractivity contribution in [2.75, 3.05) is 26.2 Å². The number of sulfonamides is 1. The van der Waals surface area contributed by atoms with E-state index in [1.54, 1.807) is 16.2 Å². The van der Waals surface area contributed by atoms with E-state index in [9.17, 15) is 13.2 Å². The lowest BCUT2D eigenvalue weighted by atomic mass is 9.91. The molecule has 1 amide bonds. The zero-order valence-corrected chi connectivity index (χ0v) is 18.8. The summed E-state index contributed by atoms with van der Waals surface area (Å²) in [6, 6.07) is 19.7. The highest BCUT2D eigenvalue weighted by molar-refractivity contribution is 7.88. The predicted octanol–water partition coefficient (Wildman–Crippen LogP) is 3.80. The number of aryl methyl sites for hydroxylation is 2. The summed E-state index contributed by atoms with van der Waals surface area (Å²) in [7, 11) is -3.39. The van der Waals surface area contributed by atoms with E-state index in [1.165, 1.54) is 25.9 Å². The van der Waals surface area contributed by atoms with E-state index in [0.29, 0.717) is 26.2 Å². The van der Waals surface area contributed by atoms with Crippen LogP contribution in [0.1, 0.15) is 26.4 Å². The second kappa shape index (κ2) is 8.22. The molecule has 0 atom stereocenters. The summed E-state index contributed by atoms with van der Waals surface area (Å²) in [5.74, 6) is 0.00995. The molecular weight excluding hydrogens is 428 g/mol. The maximum atomic E-state index is 13.1. The number of carbonyl (C=O) groups excluding carboxylic acids is 1. The highest BCUT2D eigenvalue weighted by Crippen LogP contribution is 2.39. The largest absolute Gasteiger partial charge is 0.335 e. The van der Waals surface area contributed by atoms with Gasteiger partial charge in [-0.05, 0) is 41.2 Å². The van der Waals surface area contributed by atoms with Crippen molar-refractivity contribution in [1.29, 1.82) is 0 Å². The molecule has 0 N–H and O–H groups in total. The van der Waals surface area contributed by atoms with Gasteiger partial charge < -0.3 is 4.90 Å². The molecule has 5 nitrogen and oxygen atoms in total. The Morgan fingerprint density at radius 1 is 0.871 bits per heavy atom. The van der Waals surface area contributed by atoms with Crippen molar-refractivity contribution in [3.05, 3.63) is 82.2 Å². The molecule has 1 fully saturated rings. The molecular formula is C24H24N2O3S2. The van der Waals surface area contributed by atoms with E-state index in [0.717, 1.165) is 23.3 Å². The van der Waals surface area contributed by atoms with Crippen LogP contribution in [0, 0.1) is 0 Å². The van der Waals surface area contributed by atoms with Crippen molar-refractivity contribution in [2.45, 2.75) is 18.6 Å². The minimum absolute atomic E-state index is 0.00115. The van der Waals surface area contributed by atoms with E-state index in [-0.39, 0.29) is 11.7 Å². The van der Waals surface area contributed by atoms with Crippen LogP contribution in [0.15, 0.2) is 60.7 Å². The standard InChI is InChI=1S/C24H24N2O3S2/c27-24(22-16-20-11-10-19-8-4-5-9-21(19)23(20)30-22)25-12-14-26(15-13-25)31(28,29)17-18-6-2-1-3-7-18/h1-9,16H,10-15,17H2. The summed E-state index contributed by atoms with van der Waals surface area (Å²) in [6.45, 7) is 1.53. The van der Waals surface area contributed by atoms with Gasteiger partial charge in [-0.15, -0.1) is 11.3 Å². The van der Waals surface area contributed by atoms with Crippen molar-refractivity contribution in [3.63, 3.8) is 0 Å². The molecule has 5 rings (SSSR count). The third-order valence-corrected chi connectivity index (χ3v) is 9.11. The van der Waals surface area contributed by atoms with Gasteiger partial charge in [-0.3, -0.25) is 4.79 Å². The number of fused-ring (bicyclic) bond motifs is 3. The van der Waals surface area contributed by atoms with Crippen molar-refractivity contribution < 1.29 is 13.2 Å². The molecule has 0 saturated carbocycles. The van der Waals surface area contributed by atoms with Gasteiger partial charge >= 0.3 is 0 Å². The average Bonchev–Trinajstić information content (AvgIpc) is 3.24. The van der Waals surface area contributed by atoms with Gasteiger partial charge in [0.2, 0.25) is 10.0 Å². The van der Waals surface area contributed by atoms with Crippen molar-refractivity contribution >= 4 is 27.3 Å². The number of thiophene rings is 1. The molecule has 31 heavy (non-hydrogen) atoms. The maximum Gasteiger partial charge on any atom is 0.264 e. The molecule has 1 aliphatic heterocycles. The number of carbonyl (C=O) groups is 1. The Morgan fingerprint density at radius 3 is 2.32 bits per heavy atom. The number of nitrogens with zero attached hydrogens (tertiary/aromatic N) is 2. The van der Waals surface area contributed by atoms with Gasteiger partial charge in [-0.2, -0.15) is 4.31 Å². The smallest absolute Gasteiger partial charge is 0.264 e. The first kappa shape index (κ1) is 20.4. The Labute approximate surface area is 187 Å². The quantitative estimate of drug-likeness (QED) is 0.605. The van der Waals surface area contributed by atoms with E-state index < -0.39 is 10.0 Å². The lowest BCUT2D eigenvalue weighted by Gasteiger charge is -2.33. The first-order valence-corrected chi connectivity index (χ1v) is 13.0. The van der Waals surface area contributed by atoms with E-state index in [1.807, 2.05) is 42.5 Å². The van der Waals surface area contributed by atoms with E-state index in [4.69, 9.17) is 0 Å². The number of hydrogen-bond donors (Lipinski definition) is 0. The van der Waals surface area contributed by atoms with Crippen molar-refractivity contribution in [1.82, 2.24) is 9.21 Å². The van der Waals surface area contributed by atoms with Crippen LogP contribution in [0.25, 0.3) is 10.4 Å². The molecule has 2 heterocycles. The molecule has 1 aliphatic carbocycles. The molecule has 0 spiro atoms. The summed E-state index contributed by atoms with van der Waals surface area (Å²) in [5, 5.41) is 0. The predicted molar refractivity (Wildman–Crippen MR) is 124 cm³/mol. The second-order valence-corrected chi connectivity index (χ2v) is 11.1. The van der Waals surface area contributed by atoms with Crippen molar-refractivity contribution in [3.8, 4) is 10.4 Å². The van der Waals surface area contributed by atoms with Crippen LogP contribution in [0.2, 0.25) is 0 Å². The minimum Gasteiger partial charge on any atom is -0.335 e. The average molecular weight is 453 g/mol. The maximum absolute atomic E-state index is 13.1. The highest BCUT2D eigenvalue weighted by atomic mass is 32.2. The van der Waals surface area contributed by atoms with Crippen LogP contribution in [0.4, 0.5) is 0 Å². The number of benzene rings is 2. The van der Waals surface area contributed by atoms with Crippen LogP contribution < -0.4 is 0 Å². The second-order valence-electron chi connectivity index (χ2n) is 8.06. The fourth-order valence-electron chi connectivity index (χ4n) is 4.38. The van der Waals surface area contributed by atoms with Crippen LogP contribution in [0.3, 0.4) is 0 Å².